The maximum absolute atomic E-state index is 12.7. The molecular weight excluding hydrogens is 340 g/mol. The van der Waals surface area contributed by atoms with Gasteiger partial charge in [0.05, 0.1) is 0 Å². The van der Waals surface area contributed by atoms with Gasteiger partial charge in [-0.25, -0.2) is 0 Å². The number of aromatic amines is 1. The maximum Gasteiger partial charge on any atom is 0.272 e. The Morgan fingerprint density at radius 2 is 2.00 bits per heavy atom. The highest BCUT2D eigenvalue weighted by atomic mass is 16.2. The molecule has 0 saturated heterocycles. The van der Waals surface area contributed by atoms with Gasteiger partial charge < -0.3 is 15.2 Å². The molecule has 0 saturated carbocycles. The Morgan fingerprint density at radius 3 is 2.70 bits per heavy atom. The topological polar surface area (TPSA) is 78.1 Å². The largest absolute Gasteiger partial charge is 0.357 e. The Kier molecular flexibility index (Phi) is 5.66. The minimum atomic E-state index is -0.240. The van der Waals surface area contributed by atoms with Crippen LogP contribution in [-0.4, -0.2) is 40.3 Å². The molecular formula is C21H22N4O2. The number of hydrogen-bond donors (Lipinski definition) is 2. The number of nitrogens with one attached hydrogen (secondary N) is 2. The molecule has 2 amide bonds. The summed E-state index contributed by atoms with van der Waals surface area (Å²) in [5.74, 6) is -0.336. The fourth-order valence-electron chi connectivity index (χ4n) is 2.70. The van der Waals surface area contributed by atoms with Crippen molar-refractivity contribution in [3.05, 3.63) is 83.4 Å². The zero-order valence-corrected chi connectivity index (χ0v) is 15.4. The zero-order chi connectivity index (χ0) is 19.2. The smallest absolute Gasteiger partial charge is 0.272 e. The van der Waals surface area contributed by atoms with Crippen LogP contribution in [0.4, 0.5) is 5.69 Å². The minimum Gasteiger partial charge on any atom is -0.357 e. The summed E-state index contributed by atoms with van der Waals surface area (Å²) in [7, 11) is 1.77. The Balaban J connectivity index is 1.68. The molecule has 138 valence electrons. The number of rotatable bonds is 6. The summed E-state index contributed by atoms with van der Waals surface area (Å²) < 4.78 is 0. The fourth-order valence-corrected chi connectivity index (χ4v) is 2.70. The number of likely N-dealkylation sites (N-methyl/N-ethyl adjacent to an activating group) is 1. The molecule has 2 N–H and O–H groups in total. The first-order valence-electron chi connectivity index (χ1n) is 8.75. The van der Waals surface area contributed by atoms with Crippen molar-refractivity contribution in [2.45, 2.75) is 13.3 Å². The van der Waals surface area contributed by atoms with Gasteiger partial charge in [-0.2, -0.15) is 0 Å². The molecule has 0 spiro atoms. The predicted octanol–water partition coefficient (Wildman–Crippen LogP) is 3.29. The second kappa shape index (κ2) is 8.31. The number of aryl methyl sites for hydroxylation is 1. The summed E-state index contributed by atoms with van der Waals surface area (Å²) in [6.45, 7) is 2.46. The lowest BCUT2D eigenvalue weighted by Gasteiger charge is -2.18. The molecule has 6 heteroatoms. The molecule has 0 fully saturated rings. The maximum atomic E-state index is 12.7. The van der Waals surface area contributed by atoms with Crippen LogP contribution in [0.15, 0.2) is 60.9 Å². The molecule has 3 aromatic rings. The van der Waals surface area contributed by atoms with Crippen LogP contribution in [0.25, 0.3) is 0 Å². The number of benzene rings is 1. The quantitative estimate of drug-likeness (QED) is 0.706. The number of pyridine rings is 1. The van der Waals surface area contributed by atoms with Crippen molar-refractivity contribution < 1.29 is 9.59 Å². The van der Waals surface area contributed by atoms with E-state index in [-0.39, 0.29) is 11.8 Å². The van der Waals surface area contributed by atoms with Gasteiger partial charge in [-0.3, -0.25) is 14.6 Å². The van der Waals surface area contributed by atoms with Crippen LogP contribution in [0.2, 0.25) is 0 Å². The molecule has 0 aliphatic rings. The lowest BCUT2D eigenvalue weighted by molar-refractivity contribution is 0.0796. The molecule has 6 nitrogen and oxygen atoms in total. The standard InChI is InChI=1S/C21H22N4O2/c1-15-8-9-16(14-19(15)24-20(26)18-7-5-12-23-18)21(27)25(2)13-10-17-6-3-4-11-22-17/h3-9,11-12,14,23H,10,13H2,1-2H3,(H,24,26). The highest BCUT2D eigenvalue weighted by molar-refractivity contribution is 6.04. The Morgan fingerprint density at radius 1 is 1.15 bits per heavy atom. The number of aromatic nitrogens is 2. The molecule has 3 rings (SSSR count). The van der Waals surface area contributed by atoms with Crippen LogP contribution < -0.4 is 5.32 Å². The van der Waals surface area contributed by atoms with Gasteiger partial charge in [0.15, 0.2) is 0 Å². The zero-order valence-electron chi connectivity index (χ0n) is 15.4. The van der Waals surface area contributed by atoms with Gasteiger partial charge in [0, 0.05) is 49.4 Å². The van der Waals surface area contributed by atoms with E-state index >= 15 is 0 Å². The van der Waals surface area contributed by atoms with Crippen molar-refractivity contribution in [3.8, 4) is 0 Å². The van der Waals surface area contributed by atoms with Crippen molar-refractivity contribution in [2.75, 3.05) is 18.9 Å². The fraction of sp³-hybridized carbons (Fsp3) is 0.190. The number of nitrogens with zero attached hydrogens (tertiary/aromatic N) is 2. The van der Waals surface area contributed by atoms with Crippen LogP contribution >= 0.6 is 0 Å². The van der Waals surface area contributed by atoms with Crippen LogP contribution in [0, 0.1) is 6.92 Å². The van der Waals surface area contributed by atoms with Crippen molar-refractivity contribution in [1.29, 1.82) is 0 Å². The van der Waals surface area contributed by atoms with Gasteiger partial charge >= 0.3 is 0 Å². The van der Waals surface area contributed by atoms with Gasteiger partial charge in [0.25, 0.3) is 11.8 Å². The van der Waals surface area contributed by atoms with Gasteiger partial charge in [0.1, 0.15) is 5.69 Å². The number of amides is 2. The number of carbonyl (C=O) groups is 2. The number of hydrogen-bond acceptors (Lipinski definition) is 3. The van der Waals surface area contributed by atoms with Crippen LogP contribution in [0.3, 0.4) is 0 Å². The molecule has 27 heavy (non-hydrogen) atoms. The molecule has 0 unspecified atom stereocenters. The Hall–Kier alpha value is -3.41. The summed E-state index contributed by atoms with van der Waals surface area (Å²) >= 11 is 0. The van der Waals surface area contributed by atoms with Crippen molar-refractivity contribution in [1.82, 2.24) is 14.9 Å². The third-order valence-electron chi connectivity index (χ3n) is 4.35. The minimum absolute atomic E-state index is 0.0960. The highest BCUT2D eigenvalue weighted by Gasteiger charge is 2.15. The molecule has 0 aliphatic heterocycles. The van der Waals surface area contributed by atoms with Gasteiger partial charge in [-0.15, -0.1) is 0 Å². The van der Waals surface area contributed by atoms with Gasteiger partial charge in [-0.1, -0.05) is 12.1 Å². The summed E-state index contributed by atoms with van der Waals surface area (Å²) in [6, 6.07) is 14.5. The van der Waals surface area contributed by atoms with Crippen LogP contribution in [0.5, 0.6) is 0 Å². The van der Waals surface area contributed by atoms with Crippen molar-refractivity contribution in [2.24, 2.45) is 0 Å². The number of carbonyl (C=O) groups excluding carboxylic acids is 2. The number of H-pyrrole nitrogens is 1. The molecule has 1 aromatic carbocycles. The average molecular weight is 362 g/mol. The molecule has 0 atom stereocenters. The molecule has 2 aromatic heterocycles. The SMILES string of the molecule is Cc1ccc(C(=O)N(C)CCc2ccccn2)cc1NC(=O)c1ccc[nH]1. The van der Waals surface area contributed by atoms with Crippen molar-refractivity contribution in [3.63, 3.8) is 0 Å². The lowest BCUT2D eigenvalue weighted by atomic mass is 10.1. The Labute approximate surface area is 158 Å². The van der Waals surface area contributed by atoms with E-state index < -0.39 is 0 Å². The third-order valence-corrected chi connectivity index (χ3v) is 4.35. The molecule has 0 bridgehead atoms. The van der Waals surface area contributed by atoms with E-state index in [9.17, 15) is 9.59 Å². The molecule has 0 radical (unpaired) electrons. The van der Waals surface area contributed by atoms with E-state index in [2.05, 4.69) is 15.3 Å². The summed E-state index contributed by atoms with van der Waals surface area (Å²) in [4.78, 5) is 33.8. The van der Waals surface area contributed by atoms with Gasteiger partial charge in [-0.05, 0) is 48.9 Å². The third kappa shape index (κ3) is 4.61. The van der Waals surface area contributed by atoms with E-state index in [0.29, 0.717) is 29.9 Å². The second-order valence-corrected chi connectivity index (χ2v) is 6.37. The summed E-state index contributed by atoms with van der Waals surface area (Å²) in [5.41, 5.74) is 3.46. The van der Waals surface area contributed by atoms with E-state index in [1.807, 2.05) is 31.2 Å². The monoisotopic (exact) mass is 362 g/mol. The second-order valence-electron chi connectivity index (χ2n) is 6.37. The first-order valence-corrected chi connectivity index (χ1v) is 8.75. The average Bonchev–Trinajstić information content (AvgIpc) is 3.23. The van der Waals surface area contributed by atoms with Crippen molar-refractivity contribution >= 4 is 17.5 Å². The number of anilines is 1. The van der Waals surface area contributed by atoms with E-state index in [1.54, 1.807) is 48.6 Å². The summed E-state index contributed by atoms with van der Waals surface area (Å²) in [6.07, 6.45) is 4.12. The summed E-state index contributed by atoms with van der Waals surface area (Å²) in [5, 5.41) is 2.85. The first-order chi connectivity index (χ1) is 13.0. The lowest BCUT2D eigenvalue weighted by Crippen LogP contribution is -2.29. The van der Waals surface area contributed by atoms with Crippen LogP contribution in [0.1, 0.15) is 32.1 Å². The predicted molar refractivity (Wildman–Crippen MR) is 105 cm³/mol. The van der Waals surface area contributed by atoms with E-state index in [4.69, 9.17) is 0 Å². The van der Waals surface area contributed by atoms with Gasteiger partial charge in [0.2, 0.25) is 0 Å². The van der Waals surface area contributed by atoms with E-state index in [0.717, 1.165) is 11.3 Å². The molecule has 2 heterocycles. The van der Waals surface area contributed by atoms with Crippen LogP contribution in [-0.2, 0) is 6.42 Å². The first kappa shape index (κ1) is 18.4. The highest BCUT2D eigenvalue weighted by Crippen LogP contribution is 2.19. The van der Waals surface area contributed by atoms with E-state index in [1.165, 1.54) is 0 Å². The molecule has 0 aliphatic carbocycles. The Bertz CT molecular complexity index is 921. The normalized spacial score (nSPS) is 10.4.